The van der Waals surface area contributed by atoms with Crippen LogP contribution in [-0.2, 0) is 10.0 Å². The van der Waals surface area contributed by atoms with Gasteiger partial charge in [0.05, 0.1) is 5.75 Å². The molecule has 1 aliphatic heterocycles. The van der Waals surface area contributed by atoms with Gasteiger partial charge >= 0.3 is 0 Å². The van der Waals surface area contributed by atoms with Crippen molar-refractivity contribution in [3.8, 4) is 0 Å². The van der Waals surface area contributed by atoms with E-state index in [1.807, 2.05) is 13.8 Å². The third kappa shape index (κ3) is 4.94. The van der Waals surface area contributed by atoms with E-state index in [4.69, 9.17) is 0 Å². The average Bonchev–Trinajstić information content (AvgIpc) is 2.28. The summed E-state index contributed by atoms with van der Waals surface area (Å²) in [4.78, 5) is 0. The van der Waals surface area contributed by atoms with Crippen molar-refractivity contribution in [1.29, 1.82) is 0 Å². The Kier molecular flexibility index (Phi) is 5.89. The maximum atomic E-state index is 12.0. The highest BCUT2D eigenvalue weighted by Gasteiger charge is 2.26. The smallest absolute Gasteiger partial charge is 0.215 e. The van der Waals surface area contributed by atoms with Crippen molar-refractivity contribution in [3.05, 3.63) is 0 Å². The highest BCUT2D eigenvalue weighted by atomic mass is 32.2. The second-order valence-electron chi connectivity index (χ2n) is 5.18. The zero-order chi connectivity index (χ0) is 12.9. The minimum Gasteiger partial charge on any atom is -0.313 e. The molecule has 0 aromatic rings. The molecule has 0 spiro atoms. The molecule has 0 unspecified atom stereocenters. The van der Waals surface area contributed by atoms with E-state index in [0.717, 1.165) is 18.8 Å². The normalized spacial score (nSPS) is 20.0. The topological polar surface area (TPSA) is 49.4 Å². The predicted molar refractivity (Wildman–Crippen MR) is 71.5 cm³/mol. The molecule has 0 aromatic carbocycles. The third-order valence-electron chi connectivity index (χ3n) is 3.46. The molecule has 0 amide bonds. The van der Waals surface area contributed by atoms with E-state index in [-0.39, 0.29) is 5.75 Å². The van der Waals surface area contributed by atoms with E-state index in [1.54, 1.807) is 4.31 Å². The van der Waals surface area contributed by atoms with Gasteiger partial charge in [-0.2, -0.15) is 0 Å². The largest absolute Gasteiger partial charge is 0.313 e. The second-order valence-corrected chi connectivity index (χ2v) is 7.26. The van der Waals surface area contributed by atoms with Crippen LogP contribution in [0.3, 0.4) is 0 Å². The quantitative estimate of drug-likeness (QED) is 0.788. The van der Waals surface area contributed by atoms with Crippen LogP contribution in [0.4, 0.5) is 0 Å². The van der Waals surface area contributed by atoms with E-state index >= 15 is 0 Å². The fourth-order valence-corrected chi connectivity index (χ4v) is 3.60. The van der Waals surface area contributed by atoms with Crippen molar-refractivity contribution in [2.24, 2.45) is 5.92 Å². The van der Waals surface area contributed by atoms with Crippen molar-refractivity contribution in [3.63, 3.8) is 0 Å². The van der Waals surface area contributed by atoms with Crippen LogP contribution in [0.15, 0.2) is 0 Å². The Labute approximate surface area is 106 Å². The van der Waals surface area contributed by atoms with Gasteiger partial charge < -0.3 is 5.32 Å². The zero-order valence-corrected chi connectivity index (χ0v) is 12.1. The van der Waals surface area contributed by atoms with Gasteiger partial charge in [-0.25, -0.2) is 12.7 Å². The minimum atomic E-state index is -3.04. The first-order valence-electron chi connectivity index (χ1n) is 6.67. The predicted octanol–water partition coefficient (Wildman–Crippen LogP) is 1.44. The Bertz CT molecular complexity index is 306. The lowest BCUT2D eigenvalue weighted by Gasteiger charge is -2.30. The summed E-state index contributed by atoms with van der Waals surface area (Å²) in [5.41, 5.74) is 0. The van der Waals surface area contributed by atoms with Crippen molar-refractivity contribution in [2.45, 2.75) is 46.1 Å². The van der Waals surface area contributed by atoms with Crippen LogP contribution >= 0.6 is 0 Å². The van der Waals surface area contributed by atoms with Crippen molar-refractivity contribution >= 4 is 10.0 Å². The Morgan fingerprint density at radius 3 is 2.35 bits per heavy atom. The molecule has 0 saturated carbocycles. The molecule has 0 radical (unpaired) electrons. The lowest BCUT2D eigenvalue weighted by Crippen LogP contribution is -2.42. The fraction of sp³-hybridized carbons (Fsp3) is 1.00. The second kappa shape index (κ2) is 6.71. The molecule has 0 atom stereocenters. The molecule has 17 heavy (non-hydrogen) atoms. The molecule has 0 aliphatic carbocycles. The fourth-order valence-electron chi connectivity index (χ4n) is 2.20. The van der Waals surface area contributed by atoms with Crippen LogP contribution in [0.5, 0.6) is 0 Å². The van der Waals surface area contributed by atoms with Crippen LogP contribution < -0.4 is 5.32 Å². The summed E-state index contributed by atoms with van der Waals surface area (Å²) < 4.78 is 25.8. The van der Waals surface area contributed by atoms with Crippen LogP contribution in [0.25, 0.3) is 0 Å². The Hall–Kier alpha value is -0.130. The van der Waals surface area contributed by atoms with E-state index in [2.05, 4.69) is 12.2 Å². The van der Waals surface area contributed by atoms with Gasteiger partial charge in [0.2, 0.25) is 10.0 Å². The maximum Gasteiger partial charge on any atom is 0.215 e. The van der Waals surface area contributed by atoms with Gasteiger partial charge in [-0.05, 0) is 18.8 Å². The first-order chi connectivity index (χ1) is 7.95. The minimum absolute atomic E-state index is 0.224. The molecule has 4 nitrogen and oxygen atoms in total. The van der Waals surface area contributed by atoms with Crippen LogP contribution in [0.1, 0.15) is 40.0 Å². The zero-order valence-electron chi connectivity index (χ0n) is 11.3. The molecule has 102 valence electrons. The molecular weight excluding hydrogens is 236 g/mol. The summed E-state index contributed by atoms with van der Waals surface area (Å²) in [5, 5.41) is 3.15. The third-order valence-corrected chi connectivity index (χ3v) is 5.33. The summed E-state index contributed by atoms with van der Waals surface area (Å²) >= 11 is 0. The first kappa shape index (κ1) is 14.9. The lowest BCUT2D eigenvalue weighted by molar-refractivity contribution is 0.269. The van der Waals surface area contributed by atoms with Gasteiger partial charge in [-0.1, -0.05) is 27.2 Å². The molecule has 1 saturated heterocycles. The van der Waals surface area contributed by atoms with Gasteiger partial charge in [0.1, 0.15) is 0 Å². The standard InChI is InChI=1S/C12H26N2O2S/c1-4-12-5-8-14(9-6-12)17(15,16)10-7-13-11(2)3/h11-13H,4-10H2,1-3H3. The Morgan fingerprint density at radius 1 is 1.29 bits per heavy atom. The molecule has 1 fully saturated rings. The number of sulfonamides is 1. The summed E-state index contributed by atoms with van der Waals surface area (Å²) in [5.74, 6) is 0.942. The lowest BCUT2D eigenvalue weighted by atomic mass is 9.96. The number of piperidine rings is 1. The van der Waals surface area contributed by atoms with Crippen LogP contribution in [0.2, 0.25) is 0 Å². The molecule has 0 aromatic heterocycles. The summed E-state index contributed by atoms with van der Waals surface area (Å²) in [6.07, 6.45) is 3.21. The Morgan fingerprint density at radius 2 is 1.88 bits per heavy atom. The van der Waals surface area contributed by atoms with Gasteiger partial charge in [-0.3, -0.25) is 0 Å². The SMILES string of the molecule is CCC1CCN(S(=O)(=O)CCNC(C)C)CC1. The highest BCUT2D eigenvalue weighted by Crippen LogP contribution is 2.21. The first-order valence-corrected chi connectivity index (χ1v) is 8.27. The molecule has 0 bridgehead atoms. The summed E-state index contributed by atoms with van der Waals surface area (Å²) in [6.45, 7) is 8.21. The summed E-state index contributed by atoms with van der Waals surface area (Å²) in [7, 11) is -3.04. The molecular formula is C12H26N2O2S. The number of rotatable bonds is 6. The average molecular weight is 262 g/mol. The van der Waals surface area contributed by atoms with E-state index in [1.165, 1.54) is 6.42 Å². The summed E-state index contributed by atoms with van der Waals surface area (Å²) in [6, 6.07) is 0.344. The molecule has 1 N–H and O–H groups in total. The maximum absolute atomic E-state index is 12.0. The molecule has 1 rings (SSSR count). The van der Waals surface area contributed by atoms with Gasteiger partial charge in [0.25, 0.3) is 0 Å². The monoisotopic (exact) mass is 262 g/mol. The van der Waals surface area contributed by atoms with Crippen LogP contribution in [-0.4, -0.2) is 44.2 Å². The van der Waals surface area contributed by atoms with Crippen molar-refractivity contribution in [2.75, 3.05) is 25.4 Å². The number of nitrogens with one attached hydrogen (secondary N) is 1. The van der Waals surface area contributed by atoms with Crippen molar-refractivity contribution in [1.82, 2.24) is 9.62 Å². The highest BCUT2D eigenvalue weighted by molar-refractivity contribution is 7.89. The van der Waals surface area contributed by atoms with E-state index < -0.39 is 10.0 Å². The van der Waals surface area contributed by atoms with Crippen molar-refractivity contribution < 1.29 is 8.42 Å². The molecule has 1 heterocycles. The van der Waals surface area contributed by atoms with Crippen LogP contribution in [0, 0.1) is 5.92 Å². The van der Waals surface area contributed by atoms with E-state index in [9.17, 15) is 8.42 Å². The number of nitrogens with zero attached hydrogens (tertiary/aromatic N) is 1. The number of hydrogen-bond donors (Lipinski definition) is 1. The molecule has 1 aliphatic rings. The number of hydrogen-bond acceptors (Lipinski definition) is 3. The van der Waals surface area contributed by atoms with Gasteiger partial charge in [0, 0.05) is 25.7 Å². The van der Waals surface area contributed by atoms with Gasteiger partial charge in [0.15, 0.2) is 0 Å². The van der Waals surface area contributed by atoms with E-state index in [0.29, 0.717) is 25.7 Å². The molecule has 5 heteroatoms. The Balaban J connectivity index is 2.38. The van der Waals surface area contributed by atoms with Gasteiger partial charge in [-0.15, -0.1) is 0 Å².